The van der Waals surface area contributed by atoms with Crippen LogP contribution < -0.4 is 16.0 Å². The molecule has 1 aromatic carbocycles. The molecule has 3 aliphatic heterocycles. The van der Waals surface area contributed by atoms with E-state index in [0.29, 0.717) is 29.4 Å². The van der Waals surface area contributed by atoms with Crippen molar-refractivity contribution in [3.63, 3.8) is 0 Å². The molecule has 0 bridgehead atoms. The molecule has 0 radical (unpaired) electrons. The van der Waals surface area contributed by atoms with Crippen LogP contribution in [-0.4, -0.2) is 42.9 Å². The van der Waals surface area contributed by atoms with E-state index in [1.165, 1.54) is 25.0 Å². The number of halogens is 1. The summed E-state index contributed by atoms with van der Waals surface area (Å²) in [7, 11) is 2.13. The van der Waals surface area contributed by atoms with Gasteiger partial charge in [0.2, 0.25) is 11.8 Å². The highest BCUT2D eigenvalue weighted by atomic mass is 19.1. The van der Waals surface area contributed by atoms with Gasteiger partial charge in [-0.3, -0.25) is 9.59 Å². The average molecular weight is 413 g/mol. The van der Waals surface area contributed by atoms with Crippen LogP contribution in [0.4, 0.5) is 10.1 Å². The topological polar surface area (TPSA) is 73.5 Å². The maximum absolute atomic E-state index is 13.7. The summed E-state index contributed by atoms with van der Waals surface area (Å²) in [5, 5.41) is 9.12. The summed E-state index contributed by atoms with van der Waals surface area (Å²) in [5.74, 6) is -1.37. The number of hydrogen-bond acceptors (Lipinski definition) is 4. The molecule has 4 rings (SSSR count). The molecule has 0 spiro atoms. The zero-order chi connectivity index (χ0) is 21.4. The number of nitrogens with zero attached hydrogens (tertiary/aromatic N) is 1. The van der Waals surface area contributed by atoms with E-state index in [-0.39, 0.29) is 23.5 Å². The van der Waals surface area contributed by atoms with E-state index >= 15 is 0 Å². The van der Waals surface area contributed by atoms with Crippen LogP contribution in [0.25, 0.3) is 0 Å². The van der Waals surface area contributed by atoms with Gasteiger partial charge in [0.25, 0.3) is 0 Å². The average Bonchev–Trinajstić information content (AvgIpc) is 3.32. The van der Waals surface area contributed by atoms with Gasteiger partial charge in [-0.05, 0) is 69.6 Å². The van der Waals surface area contributed by atoms with Crippen molar-refractivity contribution in [1.29, 1.82) is 0 Å². The number of rotatable bonds is 5. The number of fused-ring (bicyclic) bond motifs is 1. The van der Waals surface area contributed by atoms with Gasteiger partial charge in [-0.2, -0.15) is 0 Å². The Balaban J connectivity index is 1.43. The second-order valence-corrected chi connectivity index (χ2v) is 8.53. The monoisotopic (exact) mass is 412 g/mol. The third-order valence-electron chi connectivity index (χ3n) is 6.55. The first-order valence-corrected chi connectivity index (χ1v) is 10.6. The van der Waals surface area contributed by atoms with Crippen molar-refractivity contribution in [2.75, 3.05) is 25.5 Å². The highest BCUT2D eigenvalue weighted by Gasteiger charge is 2.34. The molecule has 160 valence electrons. The summed E-state index contributed by atoms with van der Waals surface area (Å²) in [6.45, 7) is 5.60. The highest BCUT2D eigenvalue weighted by molar-refractivity contribution is 6.04. The lowest BCUT2D eigenvalue weighted by Crippen LogP contribution is -2.33. The summed E-state index contributed by atoms with van der Waals surface area (Å²) >= 11 is 0. The Morgan fingerprint density at radius 3 is 2.90 bits per heavy atom. The first-order valence-electron chi connectivity index (χ1n) is 10.6. The zero-order valence-corrected chi connectivity index (χ0v) is 17.7. The molecule has 0 aliphatic carbocycles. The lowest BCUT2D eigenvalue weighted by molar-refractivity contribution is -0.118. The van der Waals surface area contributed by atoms with Gasteiger partial charge in [0, 0.05) is 41.2 Å². The van der Waals surface area contributed by atoms with E-state index in [2.05, 4.69) is 27.9 Å². The van der Waals surface area contributed by atoms with E-state index in [4.69, 9.17) is 0 Å². The van der Waals surface area contributed by atoms with Gasteiger partial charge in [-0.1, -0.05) is 6.92 Å². The van der Waals surface area contributed by atoms with E-state index in [9.17, 15) is 14.0 Å². The van der Waals surface area contributed by atoms with Crippen LogP contribution in [0.2, 0.25) is 0 Å². The van der Waals surface area contributed by atoms with Crippen molar-refractivity contribution in [3.05, 3.63) is 52.6 Å². The van der Waals surface area contributed by atoms with Crippen molar-refractivity contribution < 1.29 is 14.0 Å². The molecule has 3 unspecified atom stereocenters. The van der Waals surface area contributed by atoms with Crippen LogP contribution in [0.1, 0.15) is 44.6 Å². The third-order valence-corrected chi connectivity index (χ3v) is 6.55. The standard InChI is InChI=1S/C23H29FN4O2/c1-13-20(12-18-17-11-15(24)6-7-19(17)27-22(18)29)26-14(2)21(13)23(30)25-9-8-16-5-4-10-28(16)3/h6-7,11-13,16,18,26H,4-5,8-10H2,1-3H3,(H,25,30)(H,27,29). The molecule has 1 aromatic rings. The fourth-order valence-corrected chi connectivity index (χ4v) is 4.82. The Morgan fingerprint density at radius 2 is 2.17 bits per heavy atom. The van der Waals surface area contributed by atoms with Crippen molar-refractivity contribution in [3.8, 4) is 0 Å². The predicted octanol–water partition coefficient (Wildman–Crippen LogP) is 2.86. The molecule has 3 N–H and O–H groups in total. The van der Waals surface area contributed by atoms with Crippen LogP contribution in [0.5, 0.6) is 0 Å². The second-order valence-electron chi connectivity index (χ2n) is 8.53. The first-order chi connectivity index (χ1) is 14.3. The molecule has 0 saturated carbocycles. The molecule has 3 aliphatic rings. The Hall–Kier alpha value is -2.67. The summed E-state index contributed by atoms with van der Waals surface area (Å²) in [5.41, 5.74) is 3.54. The normalized spacial score (nSPS) is 27.4. The van der Waals surface area contributed by atoms with E-state index in [1.807, 2.05) is 19.9 Å². The predicted molar refractivity (Wildman–Crippen MR) is 114 cm³/mol. The maximum Gasteiger partial charge on any atom is 0.249 e. The van der Waals surface area contributed by atoms with Gasteiger partial charge in [0.15, 0.2) is 0 Å². The van der Waals surface area contributed by atoms with Crippen LogP contribution in [0, 0.1) is 11.7 Å². The van der Waals surface area contributed by atoms with E-state index in [0.717, 1.165) is 24.4 Å². The number of likely N-dealkylation sites (tertiary alicyclic amines) is 1. The molecule has 3 heterocycles. The lowest BCUT2D eigenvalue weighted by Gasteiger charge is -2.19. The SMILES string of the molecule is CC1=C(C(=O)NCCC2CCCN2C)C(C)C(=CC2C(=O)Nc3ccc(F)cc32)N1. The zero-order valence-electron chi connectivity index (χ0n) is 17.7. The summed E-state index contributed by atoms with van der Waals surface area (Å²) < 4.78 is 13.7. The summed E-state index contributed by atoms with van der Waals surface area (Å²) in [6, 6.07) is 4.85. The quantitative estimate of drug-likeness (QED) is 0.695. The van der Waals surface area contributed by atoms with E-state index in [1.54, 1.807) is 6.07 Å². The molecule has 7 heteroatoms. The number of carbonyl (C=O) groups is 2. The van der Waals surface area contributed by atoms with Gasteiger partial charge in [-0.15, -0.1) is 0 Å². The van der Waals surface area contributed by atoms with Crippen LogP contribution in [0.3, 0.4) is 0 Å². The van der Waals surface area contributed by atoms with Crippen molar-refractivity contribution >= 4 is 17.5 Å². The third kappa shape index (κ3) is 3.86. The van der Waals surface area contributed by atoms with E-state index < -0.39 is 5.92 Å². The number of allylic oxidation sites excluding steroid dienone is 2. The molecule has 30 heavy (non-hydrogen) atoms. The van der Waals surface area contributed by atoms with Gasteiger partial charge in [-0.25, -0.2) is 4.39 Å². The molecule has 1 saturated heterocycles. The minimum atomic E-state index is -0.575. The maximum atomic E-state index is 13.7. The molecular weight excluding hydrogens is 383 g/mol. The number of hydrogen-bond donors (Lipinski definition) is 3. The fraction of sp³-hybridized carbons (Fsp3) is 0.478. The van der Waals surface area contributed by atoms with Crippen molar-refractivity contribution in [2.45, 2.75) is 45.1 Å². The minimum Gasteiger partial charge on any atom is -0.362 e. The van der Waals surface area contributed by atoms with Crippen molar-refractivity contribution in [2.24, 2.45) is 5.92 Å². The molecule has 3 atom stereocenters. The minimum absolute atomic E-state index is 0.0705. The number of benzene rings is 1. The molecular formula is C23H29FN4O2. The number of nitrogens with one attached hydrogen (secondary N) is 3. The Bertz CT molecular complexity index is 939. The van der Waals surface area contributed by atoms with Gasteiger partial charge in [0.05, 0.1) is 5.92 Å². The Kier molecular flexibility index (Phi) is 5.64. The van der Waals surface area contributed by atoms with Crippen molar-refractivity contribution in [1.82, 2.24) is 15.5 Å². The fourth-order valence-electron chi connectivity index (χ4n) is 4.82. The largest absolute Gasteiger partial charge is 0.362 e. The van der Waals surface area contributed by atoms with Crippen LogP contribution >= 0.6 is 0 Å². The van der Waals surface area contributed by atoms with Crippen LogP contribution in [-0.2, 0) is 9.59 Å². The van der Waals surface area contributed by atoms with Gasteiger partial charge in [0.1, 0.15) is 5.82 Å². The number of carbonyl (C=O) groups excluding carboxylic acids is 2. The molecule has 1 fully saturated rings. The summed E-state index contributed by atoms with van der Waals surface area (Å²) in [4.78, 5) is 27.6. The summed E-state index contributed by atoms with van der Waals surface area (Å²) in [6.07, 6.45) is 5.16. The van der Waals surface area contributed by atoms with Gasteiger partial charge >= 0.3 is 0 Å². The number of amides is 2. The van der Waals surface area contributed by atoms with Gasteiger partial charge < -0.3 is 20.9 Å². The van der Waals surface area contributed by atoms with Crippen LogP contribution in [0.15, 0.2) is 41.2 Å². The molecule has 6 nitrogen and oxygen atoms in total. The Morgan fingerprint density at radius 1 is 1.37 bits per heavy atom. The second kappa shape index (κ2) is 8.22. The molecule has 0 aromatic heterocycles. The lowest BCUT2D eigenvalue weighted by atomic mass is 9.94. The number of anilines is 1. The smallest absolute Gasteiger partial charge is 0.249 e. The highest BCUT2D eigenvalue weighted by Crippen LogP contribution is 2.37. The first kappa shape index (κ1) is 20.6. The molecule has 2 amide bonds. The Labute approximate surface area is 176 Å².